The lowest BCUT2D eigenvalue weighted by Crippen LogP contribution is -2.13. The molecular formula is C11H18N2OS. The first-order valence-corrected chi connectivity index (χ1v) is 5.39. The highest BCUT2D eigenvalue weighted by Crippen LogP contribution is 2.18. The first kappa shape index (κ1) is 12.3. The van der Waals surface area contributed by atoms with Gasteiger partial charge in [-0.2, -0.15) is 0 Å². The van der Waals surface area contributed by atoms with E-state index in [0.29, 0.717) is 11.2 Å². The smallest absolute Gasteiger partial charge is 0.130 e. The summed E-state index contributed by atoms with van der Waals surface area (Å²) in [5.74, 6) is 0.932. The zero-order valence-corrected chi connectivity index (χ0v) is 10.6. The summed E-state index contributed by atoms with van der Waals surface area (Å²) < 4.78 is 5.69. The molecule has 1 rings (SSSR count). The molecule has 1 heterocycles. The largest absolute Gasteiger partial charge is 0.378 e. The molecule has 0 amide bonds. The lowest BCUT2D eigenvalue weighted by Gasteiger charge is -2.17. The monoisotopic (exact) mass is 226 g/mol. The Kier molecular flexibility index (Phi) is 3.99. The van der Waals surface area contributed by atoms with Gasteiger partial charge >= 0.3 is 0 Å². The van der Waals surface area contributed by atoms with Gasteiger partial charge in [-0.3, -0.25) is 0 Å². The fraction of sp³-hybridized carbons (Fsp3) is 0.636. The third-order valence-electron chi connectivity index (χ3n) is 1.85. The summed E-state index contributed by atoms with van der Waals surface area (Å²) >= 11 is 5.10. The third kappa shape index (κ3) is 4.53. The Labute approximate surface area is 95.9 Å². The van der Waals surface area contributed by atoms with Crippen molar-refractivity contribution in [2.45, 2.75) is 33.8 Å². The first-order valence-electron chi connectivity index (χ1n) is 4.99. The van der Waals surface area contributed by atoms with E-state index in [1.807, 2.05) is 6.07 Å². The average molecular weight is 226 g/mol. The van der Waals surface area contributed by atoms with Crippen molar-refractivity contribution >= 4 is 12.2 Å². The van der Waals surface area contributed by atoms with Crippen LogP contribution in [0.3, 0.4) is 0 Å². The number of aromatic nitrogens is 2. The summed E-state index contributed by atoms with van der Waals surface area (Å²) in [7, 11) is 1.67. The number of hydrogen-bond acceptors (Lipinski definition) is 3. The minimum Gasteiger partial charge on any atom is -0.378 e. The molecule has 4 heteroatoms. The molecule has 0 aromatic carbocycles. The molecule has 0 saturated heterocycles. The zero-order valence-electron chi connectivity index (χ0n) is 9.76. The van der Waals surface area contributed by atoms with E-state index in [1.165, 1.54) is 0 Å². The molecule has 0 aliphatic carbocycles. The highest BCUT2D eigenvalue weighted by atomic mass is 32.1. The molecular weight excluding hydrogens is 208 g/mol. The van der Waals surface area contributed by atoms with Gasteiger partial charge in [0.15, 0.2) is 0 Å². The van der Waals surface area contributed by atoms with Crippen LogP contribution in [0.4, 0.5) is 0 Å². The van der Waals surface area contributed by atoms with Gasteiger partial charge in [-0.1, -0.05) is 33.0 Å². The molecule has 84 valence electrons. The first-order chi connectivity index (χ1) is 6.90. The van der Waals surface area contributed by atoms with Crippen molar-refractivity contribution < 1.29 is 4.74 Å². The summed E-state index contributed by atoms with van der Waals surface area (Å²) in [6.45, 7) is 7.07. The zero-order chi connectivity index (χ0) is 11.5. The topological polar surface area (TPSA) is 37.9 Å². The number of rotatable bonds is 3. The van der Waals surface area contributed by atoms with Crippen LogP contribution < -0.4 is 0 Å². The molecule has 0 atom stereocenters. The van der Waals surface area contributed by atoms with E-state index in [1.54, 1.807) is 7.11 Å². The number of hydrogen-bond donors (Lipinski definition) is 1. The van der Waals surface area contributed by atoms with Crippen LogP contribution in [0.25, 0.3) is 0 Å². The number of nitrogens with zero attached hydrogens (tertiary/aromatic N) is 1. The predicted molar refractivity (Wildman–Crippen MR) is 63.3 cm³/mol. The maximum absolute atomic E-state index is 5.10. The Balaban J connectivity index is 2.94. The molecule has 0 aliphatic rings. The highest BCUT2D eigenvalue weighted by Gasteiger charge is 2.13. The van der Waals surface area contributed by atoms with Crippen LogP contribution in [-0.2, 0) is 17.8 Å². The second-order valence-electron chi connectivity index (χ2n) is 4.86. The molecule has 0 bridgehead atoms. The molecule has 0 aliphatic heterocycles. The van der Waals surface area contributed by atoms with Crippen molar-refractivity contribution in [2.24, 2.45) is 5.41 Å². The van der Waals surface area contributed by atoms with E-state index >= 15 is 0 Å². The number of H-pyrrole nitrogens is 1. The fourth-order valence-electron chi connectivity index (χ4n) is 1.38. The van der Waals surface area contributed by atoms with Crippen LogP contribution in [0.1, 0.15) is 32.3 Å². The van der Waals surface area contributed by atoms with Crippen LogP contribution in [0, 0.1) is 10.1 Å². The Morgan fingerprint density at radius 2 is 2.13 bits per heavy atom. The minimum atomic E-state index is 0.205. The van der Waals surface area contributed by atoms with Crippen LogP contribution >= 0.6 is 12.2 Å². The van der Waals surface area contributed by atoms with Crippen molar-refractivity contribution in [3.8, 4) is 0 Å². The van der Waals surface area contributed by atoms with Gasteiger partial charge in [0.05, 0.1) is 6.61 Å². The standard InChI is InChI=1S/C11H18N2OS/c1-11(2,3)6-9-12-8(7-14-4)5-10(15)13-9/h5H,6-7H2,1-4H3,(H,12,13,15). The fourth-order valence-corrected chi connectivity index (χ4v) is 1.64. The van der Waals surface area contributed by atoms with Gasteiger partial charge in [-0.05, 0) is 11.5 Å². The molecule has 1 N–H and O–H groups in total. The van der Waals surface area contributed by atoms with Gasteiger partial charge in [0.2, 0.25) is 0 Å². The molecule has 3 nitrogen and oxygen atoms in total. The van der Waals surface area contributed by atoms with Gasteiger partial charge in [-0.25, -0.2) is 4.98 Å². The van der Waals surface area contributed by atoms with Crippen molar-refractivity contribution in [3.63, 3.8) is 0 Å². The molecule has 1 aromatic rings. The van der Waals surface area contributed by atoms with Crippen molar-refractivity contribution in [1.29, 1.82) is 0 Å². The van der Waals surface area contributed by atoms with Crippen molar-refractivity contribution in [3.05, 3.63) is 22.2 Å². The van der Waals surface area contributed by atoms with E-state index in [-0.39, 0.29) is 5.41 Å². The highest BCUT2D eigenvalue weighted by molar-refractivity contribution is 7.71. The van der Waals surface area contributed by atoms with E-state index < -0.39 is 0 Å². The summed E-state index contributed by atoms with van der Waals surface area (Å²) in [6.07, 6.45) is 0.883. The molecule has 1 aromatic heterocycles. The minimum absolute atomic E-state index is 0.205. The van der Waals surface area contributed by atoms with Gasteiger partial charge in [-0.15, -0.1) is 0 Å². The Morgan fingerprint density at radius 3 is 2.67 bits per heavy atom. The molecule has 0 spiro atoms. The van der Waals surface area contributed by atoms with Crippen LogP contribution in [-0.4, -0.2) is 17.1 Å². The predicted octanol–water partition coefficient (Wildman–Crippen LogP) is 2.87. The van der Waals surface area contributed by atoms with Crippen molar-refractivity contribution in [1.82, 2.24) is 9.97 Å². The molecule has 0 saturated carbocycles. The van der Waals surface area contributed by atoms with Crippen molar-refractivity contribution in [2.75, 3.05) is 7.11 Å². The molecule has 0 fully saturated rings. The van der Waals surface area contributed by atoms with E-state index in [0.717, 1.165) is 17.9 Å². The van der Waals surface area contributed by atoms with E-state index in [4.69, 9.17) is 17.0 Å². The van der Waals surface area contributed by atoms with E-state index in [2.05, 4.69) is 30.7 Å². The van der Waals surface area contributed by atoms with Crippen LogP contribution in [0.2, 0.25) is 0 Å². The van der Waals surface area contributed by atoms with Crippen LogP contribution in [0.15, 0.2) is 6.07 Å². The Bertz CT molecular complexity index is 379. The summed E-state index contributed by atoms with van der Waals surface area (Å²) in [5, 5.41) is 0. The summed E-state index contributed by atoms with van der Waals surface area (Å²) in [5.41, 5.74) is 1.19. The van der Waals surface area contributed by atoms with Gasteiger partial charge in [0.1, 0.15) is 10.5 Å². The summed E-state index contributed by atoms with van der Waals surface area (Å²) in [6, 6.07) is 1.84. The summed E-state index contributed by atoms with van der Waals surface area (Å²) in [4.78, 5) is 7.55. The molecule has 0 radical (unpaired) electrons. The van der Waals surface area contributed by atoms with Gasteiger partial charge < -0.3 is 9.72 Å². The SMILES string of the molecule is COCc1cc(=S)nc(CC(C)(C)C)[nH]1. The maximum atomic E-state index is 5.10. The second kappa shape index (κ2) is 4.86. The molecule has 0 unspecified atom stereocenters. The lowest BCUT2D eigenvalue weighted by atomic mass is 9.92. The number of nitrogens with one attached hydrogen (secondary N) is 1. The van der Waals surface area contributed by atoms with Crippen LogP contribution in [0.5, 0.6) is 0 Å². The van der Waals surface area contributed by atoms with E-state index in [9.17, 15) is 0 Å². The number of methoxy groups -OCH3 is 1. The number of ether oxygens (including phenoxy) is 1. The maximum Gasteiger partial charge on any atom is 0.130 e. The quantitative estimate of drug-likeness (QED) is 0.805. The third-order valence-corrected chi connectivity index (χ3v) is 2.05. The Morgan fingerprint density at radius 1 is 1.47 bits per heavy atom. The lowest BCUT2D eigenvalue weighted by molar-refractivity contribution is 0.181. The van der Waals surface area contributed by atoms with Gasteiger partial charge in [0, 0.05) is 19.2 Å². The number of aromatic amines is 1. The second-order valence-corrected chi connectivity index (χ2v) is 5.28. The Hall–Kier alpha value is -0.740. The average Bonchev–Trinajstić information content (AvgIpc) is 1.99. The normalized spacial score (nSPS) is 11.7. The molecule has 15 heavy (non-hydrogen) atoms. The van der Waals surface area contributed by atoms with Gasteiger partial charge in [0.25, 0.3) is 0 Å².